The van der Waals surface area contributed by atoms with Crippen molar-refractivity contribution in [3.8, 4) is 0 Å². The SMILES string of the molecule is CNCc1cnc(C)cc1N(C)C1CCOC1. The van der Waals surface area contributed by atoms with E-state index >= 15 is 0 Å². The predicted octanol–water partition coefficient (Wildman–Crippen LogP) is 1.33. The Morgan fingerprint density at radius 2 is 2.41 bits per heavy atom. The Kier molecular flexibility index (Phi) is 3.97. The molecule has 94 valence electrons. The van der Waals surface area contributed by atoms with Crippen LogP contribution in [0.25, 0.3) is 0 Å². The van der Waals surface area contributed by atoms with Crippen LogP contribution in [0, 0.1) is 6.92 Å². The van der Waals surface area contributed by atoms with Crippen LogP contribution in [0.2, 0.25) is 0 Å². The van der Waals surface area contributed by atoms with Crippen LogP contribution < -0.4 is 10.2 Å². The number of hydrogen-bond acceptors (Lipinski definition) is 4. The lowest BCUT2D eigenvalue weighted by Crippen LogP contribution is -2.33. The molecule has 2 heterocycles. The van der Waals surface area contributed by atoms with Gasteiger partial charge in [-0.3, -0.25) is 4.98 Å². The monoisotopic (exact) mass is 235 g/mol. The maximum Gasteiger partial charge on any atom is 0.0670 e. The number of aromatic nitrogens is 1. The third-order valence-corrected chi connectivity index (χ3v) is 3.30. The molecule has 1 aliphatic heterocycles. The minimum Gasteiger partial charge on any atom is -0.379 e. The van der Waals surface area contributed by atoms with E-state index in [9.17, 15) is 0 Å². The van der Waals surface area contributed by atoms with Crippen LogP contribution in [0.5, 0.6) is 0 Å². The van der Waals surface area contributed by atoms with Crippen molar-refractivity contribution in [3.63, 3.8) is 0 Å². The Morgan fingerprint density at radius 1 is 1.59 bits per heavy atom. The number of ether oxygens (including phenoxy) is 1. The molecule has 1 atom stereocenters. The van der Waals surface area contributed by atoms with E-state index in [1.54, 1.807) is 0 Å². The van der Waals surface area contributed by atoms with Gasteiger partial charge >= 0.3 is 0 Å². The van der Waals surface area contributed by atoms with Gasteiger partial charge < -0.3 is 15.0 Å². The van der Waals surface area contributed by atoms with Gasteiger partial charge in [-0.25, -0.2) is 0 Å². The Balaban J connectivity index is 2.24. The number of pyridine rings is 1. The largest absolute Gasteiger partial charge is 0.379 e. The summed E-state index contributed by atoms with van der Waals surface area (Å²) in [5, 5.41) is 3.19. The molecule has 2 rings (SSSR count). The van der Waals surface area contributed by atoms with Gasteiger partial charge in [0.15, 0.2) is 0 Å². The first kappa shape index (κ1) is 12.3. The number of hydrogen-bond donors (Lipinski definition) is 1. The Bertz CT molecular complexity index is 375. The van der Waals surface area contributed by atoms with E-state index in [4.69, 9.17) is 4.74 Å². The summed E-state index contributed by atoms with van der Waals surface area (Å²) < 4.78 is 5.46. The van der Waals surface area contributed by atoms with Gasteiger partial charge in [-0.15, -0.1) is 0 Å². The van der Waals surface area contributed by atoms with Gasteiger partial charge in [-0.05, 0) is 26.5 Å². The normalized spacial score (nSPS) is 19.6. The highest BCUT2D eigenvalue weighted by Crippen LogP contribution is 2.24. The molecule has 0 amide bonds. The lowest BCUT2D eigenvalue weighted by molar-refractivity contribution is 0.193. The van der Waals surface area contributed by atoms with Crippen molar-refractivity contribution in [2.45, 2.75) is 25.9 Å². The summed E-state index contributed by atoms with van der Waals surface area (Å²) in [6, 6.07) is 2.65. The van der Waals surface area contributed by atoms with Crippen molar-refractivity contribution in [3.05, 3.63) is 23.5 Å². The quantitative estimate of drug-likeness (QED) is 0.854. The van der Waals surface area contributed by atoms with Gasteiger partial charge in [0.05, 0.1) is 12.6 Å². The van der Waals surface area contributed by atoms with Gasteiger partial charge in [0.25, 0.3) is 0 Å². The Labute approximate surface area is 103 Å². The first-order valence-corrected chi connectivity index (χ1v) is 6.13. The highest BCUT2D eigenvalue weighted by atomic mass is 16.5. The highest BCUT2D eigenvalue weighted by Gasteiger charge is 2.22. The second-order valence-corrected chi connectivity index (χ2v) is 4.61. The molecular formula is C13H21N3O. The molecule has 1 unspecified atom stereocenters. The van der Waals surface area contributed by atoms with E-state index < -0.39 is 0 Å². The van der Waals surface area contributed by atoms with Crippen LogP contribution in [-0.2, 0) is 11.3 Å². The van der Waals surface area contributed by atoms with Gasteiger partial charge in [0.1, 0.15) is 0 Å². The smallest absolute Gasteiger partial charge is 0.0670 e. The van der Waals surface area contributed by atoms with E-state index in [0.29, 0.717) is 6.04 Å². The van der Waals surface area contributed by atoms with Crippen molar-refractivity contribution in [1.29, 1.82) is 0 Å². The summed E-state index contributed by atoms with van der Waals surface area (Å²) in [5.74, 6) is 0. The molecule has 0 bridgehead atoms. The zero-order valence-corrected chi connectivity index (χ0v) is 10.9. The molecule has 4 heteroatoms. The number of nitrogens with zero attached hydrogens (tertiary/aromatic N) is 2. The minimum atomic E-state index is 0.493. The van der Waals surface area contributed by atoms with Gasteiger partial charge in [0.2, 0.25) is 0 Å². The van der Waals surface area contributed by atoms with Crippen molar-refractivity contribution in [1.82, 2.24) is 10.3 Å². The Hall–Kier alpha value is -1.13. The summed E-state index contributed by atoms with van der Waals surface area (Å²) in [5.41, 5.74) is 3.57. The molecule has 0 saturated carbocycles. The molecular weight excluding hydrogens is 214 g/mol. The summed E-state index contributed by atoms with van der Waals surface area (Å²) in [6.07, 6.45) is 3.07. The molecule has 1 aromatic heterocycles. The molecule has 0 spiro atoms. The maximum absolute atomic E-state index is 5.46. The first-order chi connectivity index (χ1) is 8.22. The fraction of sp³-hybridized carbons (Fsp3) is 0.615. The first-order valence-electron chi connectivity index (χ1n) is 6.13. The standard InChI is InChI=1S/C13H21N3O/c1-10-6-13(11(7-14-2)8-15-10)16(3)12-4-5-17-9-12/h6,8,12,14H,4-5,7,9H2,1-3H3. The molecule has 1 fully saturated rings. The Morgan fingerprint density at radius 3 is 3.06 bits per heavy atom. The predicted molar refractivity (Wildman–Crippen MR) is 69.4 cm³/mol. The van der Waals surface area contributed by atoms with Crippen molar-refractivity contribution in [2.24, 2.45) is 0 Å². The lowest BCUT2D eigenvalue weighted by atomic mass is 10.1. The van der Waals surface area contributed by atoms with Gasteiger partial charge in [0, 0.05) is 43.3 Å². The molecule has 1 aromatic rings. The average molecular weight is 235 g/mol. The van der Waals surface area contributed by atoms with Crippen molar-refractivity contribution < 1.29 is 4.74 Å². The molecule has 0 aliphatic carbocycles. The van der Waals surface area contributed by atoms with Gasteiger partial charge in [-0.2, -0.15) is 0 Å². The second-order valence-electron chi connectivity index (χ2n) is 4.61. The number of aryl methyl sites for hydroxylation is 1. The fourth-order valence-corrected chi connectivity index (χ4v) is 2.25. The summed E-state index contributed by atoms with van der Waals surface area (Å²) in [7, 11) is 4.11. The zero-order chi connectivity index (χ0) is 12.3. The molecule has 1 saturated heterocycles. The molecule has 1 N–H and O–H groups in total. The number of anilines is 1. The van der Waals surface area contributed by atoms with E-state index in [1.807, 2.05) is 20.2 Å². The fourth-order valence-electron chi connectivity index (χ4n) is 2.25. The zero-order valence-electron chi connectivity index (χ0n) is 10.9. The van der Waals surface area contributed by atoms with Crippen LogP contribution in [0.1, 0.15) is 17.7 Å². The van der Waals surface area contributed by atoms with Crippen molar-refractivity contribution in [2.75, 3.05) is 32.2 Å². The highest BCUT2D eigenvalue weighted by molar-refractivity contribution is 5.54. The second kappa shape index (κ2) is 5.47. The van der Waals surface area contributed by atoms with Crippen LogP contribution in [0.4, 0.5) is 5.69 Å². The van der Waals surface area contributed by atoms with Crippen LogP contribution in [0.3, 0.4) is 0 Å². The van der Waals surface area contributed by atoms with Crippen LogP contribution >= 0.6 is 0 Å². The van der Waals surface area contributed by atoms with E-state index in [0.717, 1.165) is 31.9 Å². The van der Waals surface area contributed by atoms with E-state index in [2.05, 4.69) is 28.3 Å². The topological polar surface area (TPSA) is 37.4 Å². The van der Waals surface area contributed by atoms with Crippen molar-refractivity contribution >= 4 is 5.69 Å². The maximum atomic E-state index is 5.46. The third-order valence-electron chi connectivity index (χ3n) is 3.30. The lowest BCUT2D eigenvalue weighted by Gasteiger charge is -2.27. The van der Waals surface area contributed by atoms with E-state index in [-0.39, 0.29) is 0 Å². The molecule has 17 heavy (non-hydrogen) atoms. The average Bonchev–Trinajstić information content (AvgIpc) is 2.84. The van der Waals surface area contributed by atoms with Gasteiger partial charge in [-0.1, -0.05) is 0 Å². The molecule has 0 radical (unpaired) electrons. The van der Waals surface area contributed by atoms with Crippen LogP contribution in [0.15, 0.2) is 12.3 Å². The third kappa shape index (κ3) is 2.76. The summed E-state index contributed by atoms with van der Waals surface area (Å²) in [4.78, 5) is 6.70. The molecule has 1 aliphatic rings. The number of likely N-dealkylation sites (N-methyl/N-ethyl adjacent to an activating group) is 1. The number of nitrogens with one attached hydrogen (secondary N) is 1. The minimum absolute atomic E-state index is 0.493. The van der Waals surface area contributed by atoms with Crippen LogP contribution in [-0.4, -0.2) is 38.3 Å². The number of rotatable bonds is 4. The van der Waals surface area contributed by atoms with E-state index in [1.165, 1.54) is 11.3 Å². The molecule has 4 nitrogen and oxygen atoms in total. The summed E-state index contributed by atoms with van der Waals surface area (Å²) in [6.45, 7) is 4.59. The molecule has 0 aromatic carbocycles. The summed E-state index contributed by atoms with van der Waals surface area (Å²) >= 11 is 0.